The summed E-state index contributed by atoms with van der Waals surface area (Å²) in [6.45, 7) is 5.19. The predicted octanol–water partition coefficient (Wildman–Crippen LogP) is 6.78. The van der Waals surface area contributed by atoms with E-state index in [4.69, 9.17) is 0 Å². The third-order valence-electron chi connectivity index (χ3n) is 8.42. The molecule has 3 aromatic carbocycles. The summed E-state index contributed by atoms with van der Waals surface area (Å²) in [7, 11) is 2.03. The Labute approximate surface area is 259 Å². The number of likely N-dealkylation sites (N-methyl/N-ethyl adjacent to an activating group) is 1. The molecule has 1 aliphatic heterocycles. The summed E-state index contributed by atoms with van der Waals surface area (Å²) in [5.74, 6) is -0.263. The van der Waals surface area contributed by atoms with Gasteiger partial charge in [-0.05, 0) is 60.7 Å². The molecule has 8 heteroatoms. The summed E-state index contributed by atoms with van der Waals surface area (Å²) in [5.41, 5.74) is 3.08. The van der Waals surface area contributed by atoms with Crippen LogP contribution in [0.2, 0.25) is 0 Å². The summed E-state index contributed by atoms with van der Waals surface area (Å²) in [6.07, 6.45) is 0.806. The largest absolute Gasteiger partial charge is 0.416 e. The highest BCUT2D eigenvalue weighted by molar-refractivity contribution is 5.88. The lowest BCUT2D eigenvalue weighted by Gasteiger charge is -2.38. The van der Waals surface area contributed by atoms with Gasteiger partial charge in [-0.3, -0.25) is 9.59 Å². The Morgan fingerprint density at radius 2 is 1.36 bits per heavy atom. The number of amides is 2. The molecule has 0 saturated carbocycles. The number of unbranched alkanes of at least 4 members (excludes halogenated alkanes) is 2. The highest BCUT2D eigenvalue weighted by Gasteiger charge is 2.34. The molecule has 0 aromatic heterocycles. The average Bonchev–Trinajstić information content (AvgIpc) is 3.02. The number of hydrogen-bond donors (Lipinski definition) is 0. The SMILES string of the molecule is CCCCCc1ccc(CN(C(=O)CCc2ccc(C(F)(F)F)cc2)[C@@H](Cc2ccccc2)C(=O)N2CCN(C)CC2)cc1. The fourth-order valence-electron chi connectivity index (χ4n) is 5.62. The first-order valence-corrected chi connectivity index (χ1v) is 15.7. The van der Waals surface area contributed by atoms with Crippen LogP contribution >= 0.6 is 0 Å². The Morgan fingerprint density at radius 1 is 0.773 bits per heavy atom. The standard InChI is InChI=1S/C36H44F3N3O2/c1-3-4-6-9-28-12-14-31(15-13-28)27-42(34(43)21-18-29-16-19-32(20-17-29)36(37,38)39)33(26-30-10-7-5-8-11-30)35(44)41-24-22-40(2)23-25-41/h5,7-8,10-17,19-20,33H,3-4,6,9,18,21-27H2,1-2H3/t33-/m0/s1. The van der Waals surface area contributed by atoms with E-state index in [-0.39, 0.29) is 31.2 Å². The number of aryl methyl sites for hydroxylation is 2. The minimum Gasteiger partial charge on any atom is -0.338 e. The number of piperazine rings is 1. The molecule has 3 aromatic rings. The van der Waals surface area contributed by atoms with Crippen molar-refractivity contribution in [2.75, 3.05) is 33.2 Å². The van der Waals surface area contributed by atoms with Crippen molar-refractivity contribution in [3.05, 3.63) is 107 Å². The van der Waals surface area contributed by atoms with E-state index in [2.05, 4.69) is 24.0 Å². The van der Waals surface area contributed by atoms with E-state index in [0.717, 1.165) is 55.6 Å². The molecule has 1 atom stereocenters. The van der Waals surface area contributed by atoms with Gasteiger partial charge in [0.25, 0.3) is 0 Å². The number of benzene rings is 3. The monoisotopic (exact) mass is 607 g/mol. The van der Waals surface area contributed by atoms with Gasteiger partial charge in [0.1, 0.15) is 6.04 Å². The first-order chi connectivity index (χ1) is 21.1. The molecule has 0 N–H and O–H groups in total. The van der Waals surface area contributed by atoms with Crippen molar-refractivity contribution in [2.45, 2.75) is 70.6 Å². The van der Waals surface area contributed by atoms with E-state index in [1.165, 1.54) is 24.1 Å². The summed E-state index contributed by atoms with van der Waals surface area (Å²) in [4.78, 5) is 33.9. The summed E-state index contributed by atoms with van der Waals surface area (Å²) in [5, 5.41) is 0. The van der Waals surface area contributed by atoms with Crippen LogP contribution in [-0.4, -0.2) is 65.8 Å². The maximum atomic E-state index is 14.2. The van der Waals surface area contributed by atoms with Gasteiger partial charge in [-0.2, -0.15) is 13.2 Å². The van der Waals surface area contributed by atoms with E-state index < -0.39 is 17.8 Å². The first kappa shape index (κ1) is 33.2. The number of rotatable bonds is 13. The normalized spacial score (nSPS) is 14.8. The zero-order valence-electron chi connectivity index (χ0n) is 25.9. The summed E-state index contributed by atoms with van der Waals surface area (Å²) in [6, 6.07) is 22.3. The summed E-state index contributed by atoms with van der Waals surface area (Å²) < 4.78 is 39.2. The Morgan fingerprint density at radius 3 is 1.98 bits per heavy atom. The third kappa shape index (κ3) is 9.68. The smallest absolute Gasteiger partial charge is 0.338 e. The van der Waals surface area contributed by atoms with Gasteiger partial charge in [0.05, 0.1) is 5.56 Å². The van der Waals surface area contributed by atoms with E-state index in [9.17, 15) is 22.8 Å². The lowest BCUT2D eigenvalue weighted by molar-refractivity contribution is -0.147. The van der Waals surface area contributed by atoms with Crippen LogP contribution in [0.5, 0.6) is 0 Å². The van der Waals surface area contributed by atoms with E-state index in [1.54, 1.807) is 4.90 Å². The highest BCUT2D eigenvalue weighted by Crippen LogP contribution is 2.29. The van der Waals surface area contributed by atoms with Crippen molar-refractivity contribution >= 4 is 11.8 Å². The van der Waals surface area contributed by atoms with Gasteiger partial charge in [0.15, 0.2) is 0 Å². The van der Waals surface area contributed by atoms with Crippen LogP contribution in [0.25, 0.3) is 0 Å². The molecule has 0 bridgehead atoms. The van der Waals surface area contributed by atoms with Crippen molar-refractivity contribution in [1.82, 2.24) is 14.7 Å². The second-order valence-electron chi connectivity index (χ2n) is 11.8. The van der Waals surface area contributed by atoms with Gasteiger partial charge in [-0.15, -0.1) is 0 Å². The third-order valence-corrected chi connectivity index (χ3v) is 8.42. The molecule has 4 rings (SSSR count). The van der Waals surface area contributed by atoms with Gasteiger partial charge in [0.2, 0.25) is 11.8 Å². The van der Waals surface area contributed by atoms with Crippen molar-refractivity contribution in [2.24, 2.45) is 0 Å². The Kier molecular flexibility index (Phi) is 12.0. The Bertz CT molecular complexity index is 1320. The predicted molar refractivity (Wildman–Crippen MR) is 168 cm³/mol. The fraction of sp³-hybridized carbons (Fsp3) is 0.444. The Balaban J connectivity index is 1.59. The van der Waals surface area contributed by atoms with Crippen molar-refractivity contribution in [1.29, 1.82) is 0 Å². The molecule has 0 radical (unpaired) electrons. The quantitative estimate of drug-likeness (QED) is 0.201. The zero-order valence-corrected chi connectivity index (χ0v) is 25.9. The van der Waals surface area contributed by atoms with Crippen LogP contribution in [0.3, 0.4) is 0 Å². The molecule has 1 fully saturated rings. The minimum absolute atomic E-state index is 0.0685. The number of nitrogens with zero attached hydrogens (tertiary/aromatic N) is 3. The average molecular weight is 608 g/mol. The van der Waals surface area contributed by atoms with E-state index >= 15 is 0 Å². The van der Waals surface area contributed by atoms with Crippen LogP contribution in [0.15, 0.2) is 78.9 Å². The van der Waals surface area contributed by atoms with Crippen molar-refractivity contribution in [3.8, 4) is 0 Å². The molecule has 236 valence electrons. The molecule has 2 amide bonds. The summed E-state index contributed by atoms with van der Waals surface area (Å²) >= 11 is 0. The second-order valence-corrected chi connectivity index (χ2v) is 11.8. The lowest BCUT2D eigenvalue weighted by Crippen LogP contribution is -2.56. The number of halogens is 3. The van der Waals surface area contributed by atoms with Gasteiger partial charge in [-0.25, -0.2) is 0 Å². The Hall–Kier alpha value is -3.65. The van der Waals surface area contributed by atoms with E-state index in [1.807, 2.05) is 54.4 Å². The van der Waals surface area contributed by atoms with Crippen LogP contribution < -0.4 is 0 Å². The fourth-order valence-corrected chi connectivity index (χ4v) is 5.62. The van der Waals surface area contributed by atoms with Crippen LogP contribution in [0, 0.1) is 0 Å². The van der Waals surface area contributed by atoms with Crippen LogP contribution in [-0.2, 0) is 41.6 Å². The topological polar surface area (TPSA) is 43.9 Å². The molecule has 1 heterocycles. The molecule has 0 aliphatic carbocycles. The second kappa shape index (κ2) is 15.9. The first-order valence-electron chi connectivity index (χ1n) is 15.7. The molecular formula is C36H44F3N3O2. The van der Waals surface area contributed by atoms with Gasteiger partial charge in [0, 0.05) is 45.6 Å². The zero-order chi connectivity index (χ0) is 31.5. The molecule has 1 aliphatic rings. The molecule has 44 heavy (non-hydrogen) atoms. The van der Waals surface area contributed by atoms with Crippen LogP contribution in [0.1, 0.15) is 60.4 Å². The van der Waals surface area contributed by atoms with Crippen molar-refractivity contribution < 1.29 is 22.8 Å². The minimum atomic E-state index is -4.41. The van der Waals surface area contributed by atoms with Crippen molar-refractivity contribution in [3.63, 3.8) is 0 Å². The van der Waals surface area contributed by atoms with Gasteiger partial charge < -0.3 is 14.7 Å². The van der Waals surface area contributed by atoms with E-state index in [0.29, 0.717) is 25.1 Å². The van der Waals surface area contributed by atoms with Gasteiger partial charge >= 0.3 is 6.18 Å². The number of carbonyl (C=O) groups excluding carboxylic acids is 2. The molecule has 0 unspecified atom stereocenters. The maximum absolute atomic E-state index is 14.2. The van der Waals surface area contributed by atoms with Gasteiger partial charge in [-0.1, -0.05) is 86.5 Å². The number of hydrogen-bond acceptors (Lipinski definition) is 3. The lowest BCUT2D eigenvalue weighted by atomic mass is 9.99. The van der Waals surface area contributed by atoms with Crippen LogP contribution in [0.4, 0.5) is 13.2 Å². The number of carbonyl (C=O) groups is 2. The number of alkyl halides is 3. The molecule has 0 spiro atoms. The molecule has 1 saturated heterocycles. The highest BCUT2D eigenvalue weighted by atomic mass is 19.4. The maximum Gasteiger partial charge on any atom is 0.416 e. The molecular weight excluding hydrogens is 563 g/mol. The molecule has 5 nitrogen and oxygen atoms in total.